The third kappa shape index (κ3) is 4.25. The van der Waals surface area contributed by atoms with Crippen molar-refractivity contribution >= 4 is 5.97 Å². The van der Waals surface area contributed by atoms with Gasteiger partial charge in [-0.1, -0.05) is 60.1 Å². The molecule has 13 atom stereocenters. The Hall–Kier alpha value is -1.03. The summed E-state index contributed by atoms with van der Waals surface area (Å²) >= 11 is 0. The van der Waals surface area contributed by atoms with E-state index in [0.29, 0.717) is 24.7 Å². The van der Waals surface area contributed by atoms with Crippen molar-refractivity contribution in [2.75, 3.05) is 6.61 Å². The number of hydrogen-bond acceptors (Lipinski definition) is 8. The van der Waals surface area contributed by atoms with E-state index in [1.165, 1.54) is 5.57 Å². The monoisotopic (exact) mass is 604 g/mol. The molecule has 0 radical (unpaired) electrons. The molecule has 5 N–H and O–H groups in total. The summed E-state index contributed by atoms with van der Waals surface area (Å²) < 4.78 is 11.3. The summed E-state index contributed by atoms with van der Waals surface area (Å²) in [6, 6.07) is 0. The Bertz CT molecular complexity index is 1160. The van der Waals surface area contributed by atoms with E-state index in [9.17, 15) is 30.3 Å². The number of esters is 1. The van der Waals surface area contributed by atoms with Crippen LogP contribution in [0.5, 0.6) is 0 Å². The molecule has 0 spiro atoms. The number of ether oxygens (including phenoxy) is 2. The lowest BCUT2D eigenvalue weighted by Gasteiger charge is -2.71. The third-order valence-electron chi connectivity index (χ3n) is 14.7. The summed E-state index contributed by atoms with van der Waals surface area (Å²) in [4.78, 5) is 14.3. The highest BCUT2D eigenvalue weighted by molar-refractivity contribution is 5.80. The van der Waals surface area contributed by atoms with Crippen LogP contribution in [0.3, 0.4) is 0 Å². The molecule has 43 heavy (non-hydrogen) atoms. The molecule has 0 amide bonds. The quantitative estimate of drug-likeness (QED) is 0.235. The molecule has 4 saturated carbocycles. The fourth-order valence-corrected chi connectivity index (χ4v) is 11.8. The minimum absolute atomic E-state index is 0.0284. The van der Waals surface area contributed by atoms with Crippen molar-refractivity contribution in [3.05, 3.63) is 11.6 Å². The molecular weight excluding hydrogens is 548 g/mol. The normalized spacial score (nSPS) is 53.8. The SMILES string of the molecule is CC1(C)CC[C@]2(C(=O)O[C@H]3OC[C@@H](O)C(O)[C@H]3O)C(O)C[C@]3(C)C(=CC[C@@H]4[C@@]5(C)CC[C@H](O)C(C)(C)[C@@H]5CC[C@]43C)[C@@H]2C1. The molecule has 0 aromatic heterocycles. The van der Waals surface area contributed by atoms with Crippen LogP contribution >= 0.6 is 0 Å². The maximum absolute atomic E-state index is 14.3. The second kappa shape index (κ2) is 9.98. The summed E-state index contributed by atoms with van der Waals surface area (Å²) in [6.07, 6.45) is 2.71. The number of fused-ring (bicyclic) bond motifs is 7. The molecule has 2 unspecified atom stereocenters. The number of carbonyl (C=O) groups excluding carboxylic acids is 1. The summed E-state index contributed by atoms with van der Waals surface area (Å²) in [5.41, 5.74) is -0.392. The van der Waals surface area contributed by atoms with Crippen LogP contribution in [0.2, 0.25) is 0 Å². The van der Waals surface area contributed by atoms with Gasteiger partial charge in [0, 0.05) is 0 Å². The Labute approximate surface area is 257 Å². The van der Waals surface area contributed by atoms with Gasteiger partial charge in [0.1, 0.15) is 23.7 Å². The highest BCUT2D eigenvalue weighted by Crippen LogP contribution is 2.75. The van der Waals surface area contributed by atoms with Crippen LogP contribution in [0, 0.1) is 50.2 Å². The van der Waals surface area contributed by atoms with E-state index in [0.717, 1.165) is 44.9 Å². The molecule has 6 aliphatic rings. The van der Waals surface area contributed by atoms with E-state index in [2.05, 4.69) is 54.5 Å². The highest BCUT2D eigenvalue weighted by Gasteiger charge is 2.71. The topological polar surface area (TPSA) is 137 Å². The van der Waals surface area contributed by atoms with Gasteiger partial charge in [-0.15, -0.1) is 0 Å². The van der Waals surface area contributed by atoms with Crippen LogP contribution in [0.15, 0.2) is 11.6 Å². The van der Waals surface area contributed by atoms with Crippen molar-refractivity contribution in [3.8, 4) is 0 Å². The third-order valence-corrected chi connectivity index (χ3v) is 14.7. The Kier molecular flexibility index (Phi) is 7.41. The second-order valence-electron chi connectivity index (χ2n) is 17.5. The molecule has 1 heterocycles. The van der Waals surface area contributed by atoms with Gasteiger partial charge in [0.2, 0.25) is 6.29 Å². The lowest BCUT2D eigenvalue weighted by Crippen LogP contribution is -2.68. The maximum atomic E-state index is 14.3. The Morgan fingerprint density at radius 1 is 0.837 bits per heavy atom. The first kappa shape index (κ1) is 31.9. The van der Waals surface area contributed by atoms with Gasteiger partial charge in [0.15, 0.2) is 0 Å². The average Bonchev–Trinajstić information content (AvgIpc) is 2.91. The van der Waals surface area contributed by atoms with E-state index >= 15 is 0 Å². The summed E-state index contributed by atoms with van der Waals surface area (Å²) in [6.45, 7) is 16.0. The van der Waals surface area contributed by atoms with E-state index < -0.39 is 42.1 Å². The molecule has 0 bridgehead atoms. The number of aliphatic hydroxyl groups excluding tert-OH is 5. The summed E-state index contributed by atoms with van der Waals surface area (Å²) in [7, 11) is 0. The van der Waals surface area contributed by atoms with Gasteiger partial charge < -0.3 is 35.0 Å². The number of hydrogen-bond donors (Lipinski definition) is 5. The predicted molar refractivity (Wildman–Crippen MR) is 160 cm³/mol. The Balaban J connectivity index is 1.39. The molecule has 5 aliphatic carbocycles. The van der Waals surface area contributed by atoms with Gasteiger partial charge in [-0.25, -0.2) is 0 Å². The molecule has 8 nitrogen and oxygen atoms in total. The van der Waals surface area contributed by atoms with E-state index in [-0.39, 0.29) is 45.7 Å². The van der Waals surface area contributed by atoms with Gasteiger partial charge >= 0.3 is 5.97 Å². The van der Waals surface area contributed by atoms with Gasteiger partial charge in [-0.3, -0.25) is 4.79 Å². The number of allylic oxidation sites excluding steroid dienone is 2. The van der Waals surface area contributed by atoms with Gasteiger partial charge in [0.05, 0.1) is 18.8 Å². The van der Waals surface area contributed by atoms with Gasteiger partial charge in [-0.2, -0.15) is 0 Å². The molecule has 0 aromatic carbocycles. The molecule has 5 fully saturated rings. The first-order valence-corrected chi connectivity index (χ1v) is 16.8. The van der Waals surface area contributed by atoms with Gasteiger partial charge in [0.25, 0.3) is 0 Å². The molecule has 0 aromatic rings. The zero-order chi connectivity index (χ0) is 31.5. The molecular formula is C35H56O8. The van der Waals surface area contributed by atoms with Crippen molar-refractivity contribution in [1.82, 2.24) is 0 Å². The number of carbonyl (C=O) groups is 1. The Morgan fingerprint density at radius 2 is 1.53 bits per heavy atom. The largest absolute Gasteiger partial charge is 0.432 e. The van der Waals surface area contributed by atoms with E-state index in [1.807, 2.05) is 0 Å². The minimum atomic E-state index is -1.57. The summed E-state index contributed by atoms with van der Waals surface area (Å²) in [5.74, 6) is 0.0253. The zero-order valence-corrected chi connectivity index (χ0v) is 27.3. The molecule has 244 valence electrons. The lowest BCUT2D eigenvalue weighted by atomic mass is 9.33. The van der Waals surface area contributed by atoms with E-state index in [4.69, 9.17) is 9.47 Å². The lowest BCUT2D eigenvalue weighted by molar-refractivity contribution is -0.274. The molecule has 1 aliphatic heterocycles. The van der Waals surface area contributed by atoms with Crippen molar-refractivity contribution in [2.45, 2.75) is 143 Å². The molecule has 8 heteroatoms. The first-order chi connectivity index (χ1) is 19.8. The fraction of sp³-hybridized carbons (Fsp3) is 0.914. The smallest absolute Gasteiger partial charge is 0.317 e. The van der Waals surface area contributed by atoms with Crippen LogP contribution in [-0.4, -0.2) is 74.9 Å². The van der Waals surface area contributed by atoms with Gasteiger partial charge in [-0.05, 0) is 103 Å². The number of rotatable bonds is 2. The zero-order valence-electron chi connectivity index (χ0n) is 27.3. The van der Waals surface area contributed by atoms with Crippen molar-refractivity contribution in [1.29, 1.82) is 0 Å². The average molecular weight is 605 g/mol. The van der Waals surface area contributed by atoms with Crippen LogP contribution in [0.25, 0.3) is 0 Å². The standard InChI is InChI=1S/C35H56O8/c1-30(2)14-15-35(29(41)43-28-27(40)26(39)21(36)18-42-28)20(16-30)19-8-9-23-32(5)12-11-24(37)31(3,4)22(32)10-13-33(23,6)34(19,7)17-25(35)38/h8,20-28,36-40H,9-18H2,1-7H3/t20-,21+,22-,23+,24-,25?,26?,27+,28+,32-,33+,34+,35+/m0/s1. The first-order valence-electron chi connectivity index (χ1n) is 16.8. The summed E-state index contributed by atoms with van der Waals surface area (Å²) in [5, 5.41) is 54.0. The molecule has 6 rings (SSSR count). The minimum Gasteiger partial charge on any atom is -0.432 e. The van der Waals surface area contributed by atoms with E-state index in [1.54, 1.807) is 0 Å². The van der Waals surface area contributed by atoms with Crippen LogP contribution < -0.4 is 0 Å². The highest BCUT2D eigenvalue weighted by atomic mass is 16.7. The fourth-order valence-electron chi connectivity index (χ4n) is 11.8. The van der Waals surface area contributed by atoms with Crippen LogP contribution in [-0.2, 0) is 14.3 Å². The number of aliphatic hydroxyl groups is 5. The van der Waals surface area contributed by atoms with Crippen molar-refractivity contribution < 1.29 is 39.8 Å². The van der Waals surface area contributed by atoms with Crippen LogP contribution in [0.4, 0.5) is 0 Å². The van der Waals surface area contributed by atoms with Crippen molar-refractivity contribution in [3.63, 3.8) is 0 Å². The van der Waals surface area contributed by atoms with Crippen molar-refractivity contribution in [2.24, 2.45) is 50.2 Å². The second-order valence-corrected chi connectivity index (χ2v) is 17.5. The Morgan fingerprint density at radius 3 is 2.23 bits per heavy atom. The maximum Gasteiger partial charge on any atom is 0.317 e. The molecule has 1 saturated heterocycles. The van der Waals surface area contributed by atoms with Crippen LogP contribution in [0.1, 0.15) is 106 Å². The predicted octanol–water partition coefficient (Wildman–Crippen LogP) is 4.10.